The van der Waals surface area contributed by atoms with Gasteiger partial charge in [0.05, 0.1) is 16.3 Å². The summed E-state index contributed by atoms with van der Waals surface area (Å²) in [5.74, 6) is 0.752. The zero-order chi connectivity index (χ0) is 19.6. The highest BCUT2D eigenvalue weighted by atomic mass is 35.5. The van der Waals surface area contributed by atoms with Gasteiger partial charge in [0, 0.05) is 24.8 Å². The lowest BCUT2D eigenvalue weighted by atomic mass is 9.99. The van der Waals surface area contributed by atoms with Crippen LogP contribution in [0.15, 0.2) is 36.5 Å². The van der Waals surface area contributed by atoms with Gasteiger partial charge in [0.15, 0.2) is 0 Å². The summed E-state index contributed by atoms with van der Waals surface area (Å²) in [5.41, 5.74) is -0.301. The van der Waals surface area contributed by atoms with Crippen LogP contribution in [0.1, 0.15) is 35.7 Å². The van der Waals surface area contributed by atoms with Crippen molar-refractivity contribution < 1.29 is 18.0 Å². The number of likely N-dealkylation sites (tertiary alicyclic amines) is 1. The van der Waals surface area contributed by atoms with Crippen molar-refractivity contribution in [2.75, 3.05) is 18.4 Å². The van der Waals surface area contributed by atoms with Gasteiger partial charge in [-0.25, -0.2) is 4.98 Å². The van der Waals surface area contributed by atoms with Crippen LogP contribution in [-0.4, -0.2) is 28.9 Å². The zero-order valence-corrected chi connectivity index (χ0v) is 15.4. The number of nitrogens with one attached hydrogen (secondary N) is 1. The number of rotatable bonds is 3. The third-order valence-electron chi connectivity index (χ3n) is 4.63. The van der Waals surface area contributed by atoms with Gasteiger partial charge in [0.1, 0.15) is 5.82 Å². The number of piperidine rings is 1. The highest BCUT2D eigenvalue weighted by Gasteiger charge is 2.31. The van der Waals surface area contributed by atoms with Crippen LogP contribution in [0, 0.1) is 5.92 Å². The summed E-state index contributed by atoms with van der Waals surface area (Å²) in [6, 6.07) is 6.13. The molecule has 1 amide bonds. The van der Waals surface area contributed by atoms with Crippen molar-refractivity contribution in [3.05, 3.63) is 52.7 Å². The van der Waals surface area contributed by atoms with Crippen molar-refractivity contribution >= 4 is 29.0 Å². The lowest BCUT2D eigenvalue weighted by molar-refractivity contribution is -0.137. The molecule has 0 unspecified atom stereocenters. The van der Waals surface area contributed by atoms with Crippen LogP contribution in [0.5, 0.6) is 0 Å². The topological polar surface area (TPSA) is 45.2 Å². The standard InChI is InChI=1S/C19H19ClF3N3O/c1-12-5-8-26(9-6-12)18(27)13-4-7-24-17(10-13)25-16-11-14(19(21,22)23)2-3-15(16)20/h2-4,7,10-12H,5-6,8-9H2,1H3,(H,24,25). The molecule has 1 saturated heterocycles. The summed E-state index contributed by atoms with van der Waals surface area (Å²) in [6.45, 7) is 3.56. The van der Waals surface area contributed by atoms with Crippen LogP contribution in [0.3, 0.4) is 0 Å². The molecule has 2 aromatic rings. The highest BCUT2D eigenvalue weighted by Crippen LogP contribution is 2.34. The van der Waals surface area contributed by atoms with Gasteiger partial charge in [0.2, 0.25) is 0 Å². The number of carbonyl (C=O) groups is 1. The SMILES string of the molecule is CC1CCN(C(=O)c2ccnc(Nc3cc(C(F)(F)F)ccc3Cl)c2)CC1. The van der Waals surface area contributed by atoms with Gasteiger partial charge in [-0.2, -0.15) is 13.2 Å². The van der Waals surface area contributed by atoms with E-state index in [-0.39, 0.29) is 22.4 Å². The average molecular weight is 398 g/mol. The Morgan fingerprint density at radius 2 is 1.93 bits per heavy atom. The maximum absolute atomic E-state index is 12.9. The van der Waals surface area contributed by atoms with Gasteiger partial charge in [-0.1, -0.05) is 18.5 Å². The van der Waals surface area contributed by atoms with Crippen LogP contribution < -0.4 is 5.32 Å². The van der Waals surface area contributed by atoms with E-state index < -0.39 is 11.7 Å². The van der Waals surface area contributed by atoms with Crippen molar-refractivity contribution in [1.82, 2.24) is 9.88 Å². The van der Waals surface area contributed by atoms with Gasteiger partial charge in [0.25, 0.3) is 5.91 Å². The summed E-state index contributed by atoms with van der Waals surface area (Å²) in [7, 11) is 0. The van der Waals surface area contributed by atoms with E-state index >= 15 is 0 Å². The van der Waals surface area contributed by atoms with Crippen LogP contribution in [0.25, 0.3) is 0 Å². The number of amides is 1. The number of pyridine rings is 1. The minimum Gasteiger partial charge on any atom is -0.339 e. The van der Waals surface area contributed by atoms with Crippen molar-refractivity contribution in [2.45, 2.75) is 25.9 Å². The fraction of sp³-hybridized carbons (Fsp3) is 0.368. The molecular formula is C19H19ClF3N3O. The molecule has 1 aromatic carbocycles. The van der Waals surface area contributed by atoms with E-state index in [0.29, 0.717) is 24.6 Å². The third-order valence-corrected chi connectivity index (χ3v) is 4.96. The minimum absolute atomic E-state index is 0.0791. The van der Waals surface area contributed by atoms with Gasteiger partial charge in [-0.05, 0) is 49.1 Å². The molecule has 3 rings (SSSR count). The molecule has 0 aliphatic carbocycles. The van der Waals surface area contributed by atoms with Crippen molar-refractivity contribution in [1.29, 1.82) is 0 Å². The molecule has 2 heterocycles. The van der Waals surface area contributed by atoms with Crippen LogP contribution in [0.2, 0.25) is 5.02 Å². The van der Waals surface area contributed by atoms with Crippen LogP contribution >= 0.6 is 11.6 Å². The molecule has 0 radical (unpaired) electrons. The number of alkyl halides is 3. The smallest absolute Gasteiger partial charge is 0.339 e. The number of hydrogen-bond acceptors (Lipinski definition) is 3. The Bertz CT molecular complexity index is 833. The van der Waals surface area contributed by atoms with Crippen molar-refractivity contribution in [2.24, 2.45) is 5.92 Å². The molecule has 27 heavy (non-hydrogen) atoms. The second-order valence-electron chi connectivity index (χ2n) is 6.72. The molecule has 144 valence electrons. The summed E-state index contributed by atoms with van der Waals surface area (Å²) in [4.78, 5) is 18.5. The van der Waals surface area contributed by atoms with E-state index in [2.05, 4.69) is 17.2 Å². The number of nitrogens with zero attached hydrogens (tertiary/aromatic N) is 2. The maximum Gasteiger partial charge on any atom is 0.416 e. The van der Waals surface area contributed by atoms with E-state index in [1.54, 1.807) is 11.0 Å². The van der Waals surface area contributed by atoms with Crippen LogP contribution in [-0.2, 0) is 6.18 Å². The first-order chi connectivity index (χ1) is 12.7. The van der Waals surface area contributed by atoms with Gasteiger partial charge < -0.3 is 10.2 Å². The first-order valence-electron chi connectivity index (χ1n) is 8.63. The molecule has 0 bridgehead atoms. The van der Waals surface area contributed by atoms with Gasteiger partial charge in [-0.15, -0.1) is 0 Å². The summed E-state index contributed by atoms with van der Waals surface area (Å²) in [5, 5.41) is 2.91. The average Bonchev–Trinajstić information content (AvgIpc) is 2.63. The van der Waals surface area contributed by atoms with E-state index in [4.69, 9.17) is 11.6 Å². The molecule has 4 nitrogen and oxygen atoms in total. The number of aromatic nitrogens is 1. The molecule has 1 fully saturated rings. The Labute approximate surface area is 160 Å². The first-order valence-corrected chi connectivity index (χ1v) is 9.01. The fourth-order valence-electron chi connectivity index (χ4n) is 2.96. The lowest BCUT2D eigenvalue weighted by Gasteiger charge is -2.30. The number of benzene rings is 1. The van der Waals surface area contributed by atoms with E-state index in [1.165, 1.54) is 18.3 Å². The summed E-state index contributed by atoms with van der Waals surface area (Å²) < 4.78 is 38.7. The second kappa shape index (κ2) is 7.76. The predicted molar refractivity (Wildman–Crippen MR) is 98.3 cm³/mol. The Morgan fingerprint density at radius 3 is 2.59 bits per heavy atom. The molecule has 1 aliphatic heterocycles. The molecule has 1 N–H and O–H groups in total. The highest BCUT2D eigenvalue weighted by molar-refractivity contribution is 6.33. The second-order valence-corrected chi connectivity index (χ2v) is 7.13. The predicted octanol–water partition coefficient (Wildman–Crippen LogP) is 5.37. The summed E-state index contributed by atoms with van der Waals surface area (Å²) in [6.07, 6.45) is -1.11. The number of anilines is 2. The quantitative estimate of drug-likeness (QED) is 0.757. The lowest BCUT2D eigenvalue weighted by Crippen LogP contribution is -2.37. The normalized spacial score (nSPS) is 15.7. The Morgan fingerprint density at radius 1 is 1.22 bits per heavy atom. The Balaban J connectivity index is 1.79. The zero-order valence-electron chi connectivity index (χ0n) is 14.7. The Kier molecular flexibility index (Phi) is 5.60. The largest absolute Gasteiger partial charge is 0.416 e. The Hall–Kier alpha value is -2.28. The number of halogens is 4. The van der Waals surface area contributed by atoms with E-state index in [9.17, 15) is 18.0 Å². The van der Waals surface area contributed by atoms with Gasteiger partial charge >= 0.3 is 6.18 Å². The molecule has 0 atom stereocenters. The van der Waals surface area contributed by atoms with Crippen molar-refractivity contribution in [3.8, 4) is 0 Å². The first kappa shape index (κ1) is 19.5. The minimum atomic E-state index is -4.47. The van der Waals surface area contributed by atoms with E-state index in [0.717, 1.165) is 25.0 Å². The summed E-state index contributed by atoms with van der Waals surface area (Å²) >= 11 is 6.00. The maximum atomic E-state index is 12.9. The third kappa shape index (κ3) is 4.71. The van der Waals surface area contributed by atoms with E-state index in [1.807, 2.05) is 0 Å². The molecule has 0 spiro atoms. The molecule has 1 aromatic heterocycles. The number of hydrogen-bond donors (Lipinski definition) is 1. The number of carbonyl (C=O) groups excluding carboxylic acids is 1. The van der Waals surface area contributed by atoms with Crippen molar-refractivity contribution in [3.63, 3.8) is 0 Å². The molecule has 1 aliphatic rings. The molecular weight excluding hydrogens is 379 g/mol. The van der Waals surface area contributed by atoms with Gasteiger partial charge in [-0.3, -0.25) is 4.79 Å². The van der Waals surface area contributed by atoms with Crippen LogP contribution in [0.4, 0.5) is 24.7 Å². The fourth-order valence-corrected chi connectivity index (χ4v) is 3.13. The molecule has 8 heteroatoms. The molecule has 0 saturated carbocycles. The monoisotopic (exact) mass is 397 g/mol.